The number of rotatable bonds is 7. The first-order valence-corrected chi connectivity index (χ1v) is 11.7. The summed E-state index contributed by atoms with van der Waals surface area (Å²) in [7, 11) is 1.34. The SMILES string of the molecule is COC(=O)[C@@H](N)Cc1cccc2c(-c3nccc(CCN4CCC(F)(F)CC4)c3C)cccc12. The molecular formula is C27H31F2N3O2. The fraction of sp³-hybridized carbons (Fsp3) is 0.407. The maximum atomic E-state index is 13.5. The molecule has 1 atom stereocenters. The number of nitrogens with two attached hydrogens (primary N) is 1. The number of hydrogen-bond acceptors (Lipinski definition) is 5. The first-order valence-electron chi connectivity index (χ1n) is 11.7. The average molecular weight is 468 g/mol. The molecule has 3 aromatic rings. The van der Waals surface area contributed by atoms with Gasteiger partial charge in [-0.2, -0.15) is 0 Å². The largest absolute Gasteiger partial charge is 0.468 e. The van der Waals surface area contributed by atoms with E-state index in [0.717, 1.165) is 46.1 Å². The van der Waals surface area contributed by atoms with Gasteiger partial charge in [-0.3, -0.25) is 9.78 Å². The van der Waals surface area contributed by atoms with Gasteiger partial charge in [-0.25, -0.2) is 8.78 Å². The normalized spacial score (nSPS) is 17.0. The summed E-state index contributed by atoms with van der Waals surface area (Å²) in [6.45, 7) is 3.69. The van der Waals surface area contributed by atoms with Crippen molar-refractivity contribution in [1.82, 2.24) is 9.88 Å². The van der Waals surface area contributed by atoms with Crippen molar-refractivity contribution in [2.24, 2.45) is 5.73 Å². The molecule has 5 nitrogen and oxygen atoms in total. The van der Waals surface area contributed by atoms with Crippen molar-refractivity contribution in [2.75, 3.05) is 26.7 Å². The molecule has 1 aliphatic heterocycles. The van der Waals surface area contributed by atoms with Crippen molar-refractivity contribution in [3.63, 3.8) is 0 Å². The number of alkyl halides is 2. The lowest BCUT2D eigenvalue weighted by Crippen LogP contribution is -2.40. The number of carbonyl (C=O) groups excluding carboxylic acids is 1. The van der Waals surface area contributed by atoms with Crippen LogP contribution in [0.2, 0.25) is 0 Å². The lowest BCUT2D eigenvalue weighted by atomic mass is 9.92. The molecule has 0 spiro atoms. The van der Waals surface area contributed by atoms with Gasteiger partial charge in [-0.05, 0) is 53.3 Å². The molecule has 0 amide bonds. The number of likely N-dealkylation sites (tertiary alicyclic amines) is 1. The standard InChI is InChI=1S/C27H31F2N3O2/c1-18-19(10-14-32-15-11-27(28,29)12-16-32)9-13-31-25(18)23-8-4-6-21-20(5-3-7-22(21)23)17-24(30)26(33)34-2/h3-9,13,24H,10-12,14-17,30H2,1-2H3/t24-/m0/s1. The molecule has 1 aliphatic rings. The second-order valence-electron chi connectivity index (χ2n) is 9.04. The van der Waals surface area contributed by atoms with Crippen LogP contribution in [0.1, 0.15) is 29.5 Å². The maximum Gasteiger partial charge on any atom is 0.322 e. The molecule has 2 N–H and O–H groups in total. The molecule has 4 rings (SSSR count). The van der Waals surface area contributed by atoms with Gasteiger partial charge >= 0.3 is 5.97 Å². The third kappa shape index (κ3) is 5.26. The Bertz CT molecular complexity index is 1170. The molecule has 0 bridgehead atoms. The minimum Gasteiger partial charge on any atom is -0.468 e. The molecule has 0 aliphatic carbocycles. The lowest BCUT2D eigenvalue weighted by molar-refractivity contribution is -0.142. The van der Waals surface area contributed by atoms with Crippen LogP contribution in [-0.4, -0.2) is 54.6 Å². The Morgan fingerprint density at radius 3 is 2.56 bits per heavy atom. The maximum absolute atomic E-state index is 13.5. The van der Waals surface area contributed by atoms with Crippen LogP contribution in [0.15, 0.2) is 48.7 Å². The van der Waals surface area contributed by atoms with Gasteiger partial charge in [0.25, 0.3) is 5.92 Å². The van der Waals surface area contributed by atoms with E-state index in [1.807, 2.05) is 36.5 Å². The van der Waals surface area contributed by atoms with Crippen LogP contribution in [-0.2, 0) is 22.4 Å². The van der Waals surface area contributed by atoms with Gasteiger partial charge in [-0.1, -0.05) is 36.4 Å². The Labute approximate surface area is 198 Å². The number of benzene rings is 2. The number of halogens is 2. The number of ether oxygens (including phenoxy) is 1. The van der Waals surface area contributed by atoms with Crippen LogP contribution < -0.4 is 5.73 Å². The molecule has 2 aromatic carbocycles. The Morgan fingerprint density at radius 1 is 1.12 bits per heavy atom. The van der Waals surface area contributed by atoms with E-state index in [1.54, 1.807) is 0 Å². The summed E-state index contributed by atoms with van der Waals surface area (Å²) in [4.78, 5) is 18.6. The van der Waals surface area contributed by atoms with Crippen molar-refractivity contribution in [2.45, 2.75) is 44.6 Å². The zero-order chi connectivity index (χ0) is 24.3. The molecule has 180 valence electrons. The first kappa shape index (κ1) is 24.2. The van der Waals surface area contributed by atoms with Gasteiger partial charge in [0.1, 0.15) is 6.04 Å². The van der Waals surface area contributed by atoms with Crippen LogP contribution in [0.4, 0.5) is 8.78 Å². The minimum absolute atomic E-state index is 0.0639. The van der Waals surface area contributed by atoms with E-state index in [2.05, 4.69) is 24.0 Å². The highest BCUT2D eigenvalue weighted by Gasteiger charge is 2.33. The Balaban J connectivity index is 1.60. The zero-order valence-electron chi connectivity index (χ0n) is 19.7. The predicted octanol–water partition coefficient (Wildman–Crippen LogP) is 4.53. The number of hydrogen-bond donors (Lipinski definition) is 1. The predicted molar refractivity (Wildman–Crippen MR) is 130 cm³/mol. The molecule has 34 heavy (non-hydrogen) atoms. The molecule has 1 aromatic heterocycles. The van der Waals surface area contributed by atoms with E-state index in [4.69, 9.17) is 15.5 Å². The summed E-state index contributed by atoms with van der Waals surface area (Å²) in [6, 6.07) is 13.4. The van der Waals surface area contributed by atoms with Gasteiger partial charge in [0.05, 0.1) is 12.8 Å². The number of aromatic nitrogens is 1. The molecule has 2 heterocycles. The summed E-state index contributed by atoms with van der Waals surface area (Å²) >= 11 is 0. The smallest absolute Gasteiger partial charge is 0.322 e. The molecule has 1 saturated heterocycles. The van der Waals surface area contributed by atoms with Crippen molar-refractivity contribution < 1.29 is 18.3 Å². The van der Waals surface area contributed by atoms with E-state index in [0.29, 0.717) is 19.5 Å². The fourth-order valence-corrected chi connectivity index (χ4v) is 4.73. The molecule has 1 fully saturated rings. The monoisotopic (exact) mass is 467 g/mol. The molecule has 0 saturated carbocycles. The average Bonchev–Trinajstić information content (AvgIpc) is 2.83. The summed E-state index contributed by atoms with van der Waals surface area (Å²) < 4.78 is 31.7. The van der Waals surface area contributed by atoms with E-state index < -0.39 is 17.9 Å². The van der Waals surface area contributed by atoms with E-state index in [-0.39, 0.29) is 12.8 Å². The van der Waals surface area contributed by atoms with Crippen molar-refractivity contribution in [1.29, 1.82) is 0 Å². The lowest BCUT2D eigenvalue weighted by Gasteiger charge is -2.31. The van der Waals surface area contributed by atoms with Crippen LogP contribution in [0.3, 0.4) is 0 Å². The van der Waals surface area contributed by atoms with E-state index in [9.17, 15) is 13.6 Å². The Hall–Kier alpha value is -2.90. The topological polar surface area (TPSA) is 68.5 Å². The summed E-state index contributed by atoms with van der Waals surface area (Å²) in [5, 5.41) is 2.07. The second kappa shape index (κ2) is 10.2. The van der Waals surface area contributed by atoms with Crippen LogP contribution in [0, 0.1) is 6.92 Å². The molecule has 0 radical (unpaired) electrons. The van der Waals surface area contributed by atoms with Crippen molar-refractivity contribution in [3.05, 3.63) is 65.4 Å². The van der Waals surface area contributed by atoms with E-state index in [1.165, 1.54) is 12.7 Å². The number of carbonyl (C=O) groups is 1. The number of pyridine rings is 1. The van der Waals surface area contributed by atoms with Crippen LogP contribution in [0.5, 0.6) is 0 Å². The third-order valence-corrected chi connectivity index (χ3v) is 6.81. The number of esters is 1. The summed E-state index contributed by atoms with van der Waals surface area (Å²) in [5.74, 6) is -2.96. The van der Waals surface area contributed by atoms with Gasteiger partial charge in [0.2, 0.25) is 0 Å². The van der Waals surface area contributed by atoms with Gasteiger partial charge < -0.3 is 15.4 Å². The first-order chi connectivity index (χ1) is 16.3. The highest BCUT2D eigenvalue weighted by molar-refractivity contribution is 5.98. The van der Waals surface area contributed by atoms with Crippen molar-refractivity contribution >= 4 is 16.7 Å². The van der Waals surface area contributed by atoms with Gasteiger partial charge in [-0.15, -0.1) is 0 Å². The number of fused-ring (bicyclic) bond motifs is 1. The summed E-state index contributed by atoms with van der Waals surface area (Å²) in [6.07, 6.45) is 2.86. The van der Waals surface area contributed by atoms with E-state index >= 15 is 0 Å². The number of nitrogens with zero attached hydrogens (tertiary/aromatic N) is 2. The highest BCUT2D eigenvalue weighted by Crippen LogP contribution is 2.33. The van der Waals surface area contributed by atoms with Crippen LogP contribution in [0.25, 0.3) is 22.0 Å². The fourth-order valence-electron chi connectivity index (χ4n) is 4.73. The number of methoxy groups -OCH3 is 1. The van der Waals surface area contributed by atoms with Crippen LogP contribution >= 0.6 is 0 Å². The highest BCUT2D eigenvalue weighted by atomic mass is 19.3. The Morgan fingerprint density at radius 2 is 1.82 bits per heavy atom. The van der Waals surface area contributed by atoms with Gasteiger partial charge in [0.15, 0.2) is 0 Å². The second-order valence-corrected chi connectivity index (χ2v) is 9.04. The quantitative estimate of drug-likeness (QED) is 0.517. The van der Waals surface area contributed by atoms with Crippen molar-refractivity contribution in [3.8, 4) is 11.3 Å². The molecule has 0 unspecified atom stereocenters. The third-order valence-electron chi connectivity index (χ3n) is 6.81. The zero-order valence-corrected chi connectivity index (χ0v) is 19.7. The number of piperidine rings is 1. The molecule has 7 heteroatoms. The van der Waals surface area contributed by atoms with Gasteiger partial charge in [0, 0.05) is 44.2 Å². The molecular weight excluding hydrogens is 436 g/mol. The minimum atomic E-state index is -2.52. The Kier molecular flexibility index (Phi) is 7.24. The summed E-state index contributed by atoms with van der Waals surface area (Å²) in [5.41, 5.74) is 11.2.